The van der Waals surface area contributed by atoms with Crippen LogP contribution in [0.2, 0.25) is 0 Å². The molecular formula is C9H14N4O2. The van der Waals surface area contributed by atoms with Gasteiger partial charge < -0.3 is 10.6 Å². The summed E-state index contributed by atoms with van der Waals surface area (Å²) in [7, 11) is 0. The second-order valence-corrected chi connectivity index (χ2v) is 4.32. The maximum atomic E-state index is 11.7. The van der Waals surface area contributed by atoms with Gasteiger partial charge in [0.2, 0.25) is 0 Å². The molecular weight excluding hydrogens is 196 g/mol. The van der Waals surface area contributed by atoms with Crippen molar-refractivity contribution in [3.05, 3.63) is 0 Å². The van der Waals surface area contributed by atoms with E-state index in [1.165, 1.54) is 0 Å². The van der Waals surface area contributed by atoms with E-state index in [1.54, 1.807) is 9.80 Å². The molecule has 0 aromatic rings. The Hall–Kier alpha value is -1.46. The molecule has 15 heavy (non-hydrogen) atoms. The van der Waals surface area contributed by atoms with Gasteiger partial charge in [0.1, 0.15) is 12.3 Å². The van der Waals surface area contributed by atoms with Crippen molar-refractivity contribution in [1.29, 1.82) is 0 Å². The third kappa shape index (κ3) is 0.848. The van der Waals surface area contributed by atoms with E-state index in [1.807, 2.05) is 13.8 Å². The zero-order valence-corrected chi connectivity index (χ0v) is 8.73. The van der Waals surface area contributed by atoms with Crippen LogP contribution in [-0.2, 0) is 0 Å². The fourth-order valence-corrected chi connectivity index (χ4v) is 3.02. The first-order valence-electron chi connectivity index (χ1n) is 5.32. The van der Waals surface area contributed by atoms with Crippen LogP contribution in [0.15, 0.2) is 0 Å². The zero-order valence-electron chi connectivity index (χ0n) is 8.73. The van der Waals surface area contributed by atoms with Crippen LogP contribution in [0.1, 0.15) is 20.3 Å². The van der Waals surface area contributed by atoms with E-state index in [2.05, 4.69) is 10.6 Å². The van der Waals surface area contributed by atoms with Crippen molar-refractivity contribution >= 4 is 12.1 Å². The summed E-state index contributed by atoms with van der Waals surface area (Å²) < 4.78 is 0. The molecule has 0 saturated carbocycles. The highest BCUT2D eigenvalue weighted by molar-refractivity contribution is 5.86. The quantitative estimate of drug-likeness (QED) is 0.633. The minimum atomic E-state index is -0.232. The van der Waals surface area contributed by atoms with Gasteiger partial charge in [0.25, 0.3) is 0 Å². The number of rotatable bonds is 1. The Bertz CT molecular complexity index is 345. The largest absolute Gasteiger partial charge is 0.321 e. The molecule has 4 amide bonds. The molecule has 3 aliphatic rings. The van der Waals surface area contributed by atoms with Crippen LogP contribution in [0.5, 0.6) is 0 Å². The van der Waals surface area contributed by atoms with Gasteiger partial charge in [-0.25, -0.2) is 9.59 Å². The van der Waals surface area contributed by atoms with Crippen LogP contribution in [0.3, 0.4) is 0 Å². The number of carbonyl (C=O) groups is 2. The van der Waals surface area contributed by atoms with E-state index in [0.29, 0.717) is 0 Å². The lowest BCUT2D eigenvalue weighted by Crippen LogP contribution is -2.39. The van der Waals surface area contributed by atoms with Gasteiger partial charge in [0.05, 0.1) is 12.1 Å². The first-order chi connectivity index (χ1) is 7.15. The molecule has 4 atom stereocenters. The van der Waals surface area contributed by atoms with Crippen molar-refractivity contribution < 1.29 is 9.59 Å². The summed E-state index contributed by atoms with van der Waals surface area (Å²) in [5.74, 6) is 0. The summed E-state index contributed by atoms with van der Waals surface area (Å²) in [6.07, 6.45) is 0.524. The Morgan fingerprint density at radius 3 is 2.40 bits per heavy atom. The molecule has 0 aromatic carbocycles. The summed E-state index contributed by atoms with van der Waals surface area (Å²) in [5, 5.41) is 5.54. The highest BCUT2D eigenvalue weighted by atomic mass is 16.2. The van der Waals surface area contributed by atoms with Crippen LogP contribution in [0.4, 0.5) is 9.59 Å². The summed E-state index contributed by atoms with van der Waals surface area (Å²) in [6, 6.07) is 0.117. The maximum Gasteiger partial charge on any atom is 0.321 e. The Morgan fingerprint density at radius 2 is 1.80 bits per heavy atom. The van der Waals surface area contributed by atoms with Gasteiger partial charge in [0.15, 0.2) is 0 Å². The van der Waals surface area contributed by atoms with Gasteiger partial charge in [-0.15, -0.1) is 0 Å². The van der Waals surface area contributed by atoms with E-state index in [4.69, 9.17) is 0 Å². The second kappa shape index (κ2) is 2.56. The van der Waals surface area contributed by atoms with Crippen LogP contribution in [-0.4, -0.2) is 46.3 Å². The molecule has 3 heterocycles. The third-order valence-electron chi connectivity index (χ3n) is 3.67. The summed E-state index contributed by atoms with van der Waals surface area (Å²) in [6.45, 7) is 4.05. The van der Waals surface area contributed by atoms with Crippen molar-refractivity contribution in [3.8, 4) is 0 Å². The molecule has 3 saturated heterocycles. The molecule has 4 unspecified atom stereocenters. The molecule has 0 bridgehead atoms. The van der Waals surface area contributed by atoms with Gasteiger partial charge >= 0.3 is 12.1 Å². The normalized spacial score (nSPS) is 42.0. The van der Waals surface area contributed by atoms with Crippen molar-refractivity contribution in [2.24, 2.45) is 0 Å². The third-order valence-corrected chi connectivity index (χ3v) is 3.67. The standard InChI is InChI=1S/C9H14N4O2/c1-3-5-4(2)12-7-6(10-8(12)14)11-9(15)13(5)7/h4-7H,3H2,1-2H3,(H,10,14)(H,11,15). The first-order valence-corrected chi connectivity index (χ1v) is 5.32. The number of amides is 4. The molecule has 3 fully saturated rings. The lowest BCUT2D eigenvalue weighted by Gasteiger charge is -2.21. The fourth-order valence-electron chi connectivity index (χ4n) is 3.02. The molecule has 2 N–H and O–H groups in total. The van der Waals surface area contributed by atoms with E-state index >= 15 is 0 Å². The van der Waals surface area contributed by atoms with Gasteiger partial charge in [-0.05, 0) is 13.3 Å². The number of hydrogen-bond donors (Lipinski definition) is 2. The molecule has 6 heteroatoms. The highest BCUT2D eigenvalue weighted by Gasteiger charge is 2.60. The van der Waals surface area contributed by atoms with Gasteiger partial charge in [-0.1, -0.05) is 6.92 Å². The zero-order chi connectivity index (χ0) is 10.7. The SMILES string of the molecule is CCC1C(C)N2C(=O)NC3NC(=O)N1C32. The van der Waals surface area contributed by atoms with E-state index in [0.717, 1.165) is 6.42 Å². The van der Waals surface area contributed by atoms with Crippen molar-refractivity contribution in [3.63, 3.8) is 0 Å². The Balaban J connectivity index is 2.03. The molecule has 0 spiro atoms. The number of nitrogens with one attached hydrogen (secondary N) is 2. The van der Waals surface area contributed by atoms with E-state index < -0.39 is 0 Å². The monoisotopic (exact) mass is 210 g/mol. The molecule has 3 aliphatic heterocycles. The topological polar surface area (TPSA) is 64.7 Å². The highest BCUT2D eigenvalue weighted by Crippen LogP contribution is 2.36. The lowest BCUT2D eigenvalue weighted by molar-refractivity contribution is 0.179. The van der Waals surface area contributed by atoms with Crippen LogP contribution in [0.25, 0.3) is 0 Å². The number of urea groups is 2. The first kappa shape index (κ1) is 8.82. The lowest BCUT2D eigenvalue weighted by atomic mass is 10.1. The van der Waals surface area contributed by atoms with Gasteiger partial charge in [0, 0.05) is 0 Å². The summed E-state index contributed by atoms with van der Waals surface area (Å²) in [4.78, 5) is 26.9. The molecule has 3 rings (SSSR count). The minimum absolute atomic E-state index is 0.0637. The van der Waals surface area contributed by atoms with Crippen LogP contribution < -0.4 is 10.6 Å². The maximum absolute atomic E-state index is 11.7. The Kier molecular flexibility index (Phi) is 1.50. The van der Waals surface area contributed by atoms with Gasteiger partial charge in [-0.3, -0.25) is 9.80 Å². The fraction of sp³-hybridized carbons (Fsp3) is 0.778. The molecule has 0 radical (unpaired) electrons. The average molecular weight is 210 g/mol. The molecule has 0 aromatic heterocycles. The van der Waals surface area contributed by atoms with Crippen molar-refractivity contribution in [2.45, 2.75) is 44.7 Å². The van der Waals surface area contributed by atoms with Crippen molar-refractivity contribution in [1.82, 2.24) is 20.4 Å². The van der Waals surface area contributed by atoms with Crippen molar-refractivity contribution in [2.75, 3.05) is 0 Å². The second-order valence-electron chi connectivity index (χ2n) is 4.32. The molecule has 0 aliphatic carbocycles. The summed E-state index contributed by atoms with van der Waals surface area (Å²) >= 11 is 0. The Morgan fingerprint density at radius 1 is 1.20 bits per heavy atom. The molecule has 82 valence electrons. The minimum Gasteiger partial charge on any atom is -0.314 e. The average Bonchev–Trinajstić information content (AvgIpc) is 2.73. The van der Waals surface area contributed by atoms with Crippen LogP contribution >= 0.6 is 0 Å². The summed E-state index contributed by atoms with van der Waals surface area (Å²) in [5.41, 5.74) is 0. The van der Waals surface area contributed by atoms with Gasteiger partial charge in [-0.2, -0.15) is 0 Å². The Labute approximate surface area is 87.6 Å². The molecule has 6 nitrogen and oxygen atoms in total. The number of carbonyl (C=O) groups excluding carboxylic acids is 2. The van der Waals surface area contributed by atoms with E-state index in [-0.39, 0.29) is 36.5 Å². The van der Waals surface area contributed by atoms with E-state index in [9.17, 15) is 9.59 Å². The predicted molar refractivity (Wildman–Crippen MR) is 51.9 cm³/mol. The smallest absolute Gasteiger partial charge is 0.314 e. The number of nitrogens with zero attached hydrogens (tertiary/aromatic N) is 2. The number of hydrogen-bond acceptors (Lipinski definition) is 2. The van der Waals surface area contributed by atoms with Crippen LogP contribution in [0, 0.1) is 0 Å². The predicted octanol–water partition coefficient (Wildman–Crippen LogP) is -0.130.